The fraction of sp³-hybridized carbons (Fsp3) is 0.522. The molecule has 3 heterocycles. The molecule has 2 aliphatic rings. The molecule has 1 aromatic rings. The standard InChI is InChI=1S/C23H28N4O4S2/c1-5-9-27-19(26-10-7-15(8-11-26)22(30)31-6-2)16(14(3)17(13-24)20(27)28)12-18-21(29)25(4)23(32)33-18/h12,15H,5-11H2,1-4H3/b18-12+. The van der Waals surface area contributed by atoms with Crippen LogP contribution in [-0.4, -0.2) is 52.4 Å². The molecule has 0 spiro atoms. The molecule has 176 valence electrons. The lowest BCUT2D eigenvalue weighted by molar-refractivity contribution is -0.148. The van der Waals surface area contributed by atoms with Crippen molar-refractivity contribution in [2.45, 2.75) is 46.6 Å². The Morgan fingerprint density at radius 3 is 2.48 bits per heavy atom. The van der Waals surface area contributed by atoms with Crippen LogP contribution in [0.15, 0.2) is 9.70 Å². The Kier molecular flexibility index (Phi) is 7.97. The van der Waals surface area contributed by atoms with Crippen LogP contribution in [0.25, 0.3) is 6.08 Å². The van der Waals surface area contributed by atoms with Gasteiger partial charge in [0.2, 0.25) is 0 Å². The number of carbonyl (C=O) groups excluding carboxylic acids is 2. The van der Waals surface area contributed by atoms with E-state index in [0.717, 1.165) is 0 Å². The Morgan fingerprint density at radius 1 is 1.30 bits per heavy atom. The molecule has 1 amide bonds. The van der Waals surface area contributed by atoms with Gasteiger partial charge in [0.1, 0.15) is 21.8 Å². The first kappa shape index (κ1) is 25.0. The van der Waals surface area contributed by atoms with Crippen LogP contribution in [0.3, 0.4) is 0 Å². The predicted octanol–water partition coefficient (Wildman–Crippen LogP) is 3.05. The van der Waals surface area contributed by atoms with Crippen molar-refractivity contribution in [2.75, 3.05) is 31.6 Å². The van der Waals surface area contributed by atoms with Crippen LogP contribution in [0.2, 0.25) is 0 Å². The molecule has 33 heavy (non-hydrogen) atoms. The minimum atomic E-state index is -0.334. The van der Waals surface area contributed by atoms with Gasteiger partial charge in [0.25, 0.3) is 11.5 Å². The number of piperidine rings is 1. The topological polar surface area (TPSA) is 95.6 Å². The minimum Gasteiger partial charge on any atom is -0.466 e. The molecule has 3 rings (SSSR count). The fourth-order valence-electron chi connectivity index (χ4n) is 4.18. The summed E-state index contributed by atoms with van der Waals surface area (Å²) in [6, 6.07) is 2.05. The number of thioether (sulfide) groups is 1. The number of hydrogen-bond donors (Lipinski definition) is 0. The van der Waals surface area contributed by atoms with Crippen LogP contribution in [0, 0.1) is 24.2 Å². The molecule has 0 aliphatic carbocycles. The van der Waals surface area contributed by atoms with Gasteiger partial charge >= 0.3 is 5.97 Å². The summed E-state index contributed by atoms with van der Waals surface area (Å²) in [5.74, 6) is 0.114. The van der Waals surface area contributed by atoms with Crippen LogP contribution in [0.5, 0.6) is 0 Å². The number of pyridine rings is 1. The summed E-state index contributed by atoms with van der Waals surface area (Å²) in [7, 11) is 1.63. The Balaban J connectivity index is 2.13. The predicted molar refractivity (Wildman–Crippen MR) is 133 cm³/mol. The molecule has 0 radical (unpaired) electrons. The van der Waals surface area contributed by atoms with Crippen molar-refractivity contribution < 1.29 is 14.3 Å². The highest BCUT2D eigenvalue weighted by atomic mass is 32.2. The fourth-order valence-corrected chi connectivity index (χ4v) is 5.34. The number of hydrogen-bond acceptors (Lipinski definition) is 8. The minimum absolute atomic E-state index is 0.0758. The van der Waals surface area contributed by atoms with Crippen LogP contribution in [0.1, 0.15) is 49.8 Å². The molecule has 8 nitrogen and oxygen atoms in total. The van der Waals surface area contributed by atoms with E-state index in [0.29, 0.717) is 71.7 Å². The van der Waals surface area contributed by atoms with E-state index in [4.69, 9.17) is 17.0 Å². The number of ether oxygens (including phenoxy) is 1. The van der Waals surface area contributed by atoms with Gasteiger partial charge in [-0.05, 0) is 44.7 Å². The highest BCUT2D eigenvalue weighted by Gasteiger charge is 2.32. The Morgan fingerprint density at radius 2 is 1.97 bits per heavy atom. The summed E-state index contributed by atoms with van der Waals surface area (Å²) >= 11 is 6.47. The average Bonchev–Trinajstić information content (AvgIpc) is 3.04. The van der Waals surface area contributed by atoms with Crippen molar-refractivity contribution in [3.05, 3.63) is 31.9 Å². The lowest BCUT2D eigenvalue weighted by Crippen LogP contribution is -2.41. The maximum atomic E-state index is 13.2. The van der Waals surface area contributed by atoms with E-state index < -0.39 is 0 Å². The van der Waals surface area contributed by atoms with Gasteiger partial charge in [-0.2, -0.15) is 5.26 Å². The molecular formula is C23H28N4O4S2. The molecule has 0 bridgehead atoms. The highest BCUT2D eigenvalue weighted by Crippen LogP contribution is 2.36. The maximum Gasteiger partial charge on any atom is 0.309 e. The Labute approximate surface area is 203 Å². The smallest absolute Gasteiger partial charge is 0.309 e. The third kappa shape index (κ3) is 4.84. The molecule has 2 aliphatic heterocycles. The molecular weight excluding hydrogens is 460 g/mol. The number of thiocarbonyl (C=S) groups is 1. The number of esters is 1. The van der Waals surface area contributed by atoms with E-state index >= 15 is 0 Å². The summed E-state index contributed by atoms with van der Waals surface area (Å²) in [6.45, 7) is 7.42. The zero-order valence-corrected chi connectivity index (χ0v) is 21.0. The van der Waals surface area contributed by atoms with Crippen molar-refractivity contribution in [1.82, 2.24) is 9.47 Å². The average molecular weight is 489 g/mol. The third-order valence-corrected chi connectivity index (χ3v) is 7.45. The monoisotopic (exact) mass is 488 g/mol. The van der Waals surface area contributed by atoms with E-state index in [2.05, 4.69) is 11.0 Å². The van der Waals surface area contributed by atoms with Crippen molar-refractivity contribution in [2.24, 2.45) is 5.92 Å². The first-order chi connectivity index (χ1) is 15.7. The first-order valence-electron chi connectivity index (χ1n) is 11.1. The number of nitrogens with zero attached hydrogens (tertiary/aromatic N) is 4. The van der Waals surface area contributed by atoms with Gasteiger partial charge in [0.15, 0.2) is 0 Å². The summed E-state index contributed by atoms with van der Waals surface area (Å²) in [5.41, 5.74) is 0.952. The van der Waals surface area contributed by atoms with Gasteiger partial charge in [-0.25, -0.2) is 0 Å². The molecule has 10 heteroatoms. The zero-order valence-electron chi connectivity index (χ0n) is 19.3. The normalized spacial score (nSPS) is 18.2. The lowest BCUT2D eigenvalue weighted by Gasteiger charge is -2.35. The SMILES string of the molecule is CCCn1c(N2CCC(C(=O)OCC)CC2)c(/C=C2/SC(=S)N(C)C2=O)c(C)c(C#N)c1=O. The molecule has 2 saturated heterocycles. The number of aromatic nitrogens is 1. The molecule has 0 atom stereocenters. The number of anilines is 1. The number of amides is 1. The Bertz CT molecular complexity index is 1110. The molecule has 0 N–H and O–H groups in total. The second-order valence-corrected chi connectivity index (χ2v) is 9.74. The second kappa shape index (κ2) is 10.5. The lowest BCUT2D eigenvalue weighted by atomic mass is 9.95. The first-order valence-corrected chi connectivity index (χ1v) is 12.3. The third-order valence-electron chi connectivity index (χ3n) is 5.97. The summed E-state index contributed by atoms with van der Waals surface area (Å²) in [4.78, 5) is 42.0. The van der Waals surface area contributed by atoms with Crippen LogP contribution >= 0.6 is 24.0 Å². The molecule has 2 fully saturated rings. The van der Waals surface area contributed by atoms with Crippen molar-refractivity contribution >= 4 is 52.1 Å². The van der Waals surface area contributed by atoms with Crippen LogP contribution < -0.4 is 10.5 Å². The van der Waals surface area contributed by atoms with Gasteiger partial charge in [0.05, 0.1) is 17.4 Å². The van der Waals surface area contributed by atoms with Crippen LogP contribution in [-0.2, 0) is 20.9 Å². The molecule has 1 aromatic heterocycles. The van der Waals surface area contributed by atoms with Gasteiger partial charge < -0.3 is 9.64 Å². The van der Waals surface area contributed by atoms with E-state index in [1.807, 2.05) is 6.92 Å². The van der Waals surface area contributed by atoms with Gasteiger partial charge in [-0.1, -0.05) is 30.9 Å². The van der Waals surface area contributed by atoms with E-state index in [1.165, 1.54) is 16.7 Å². The van der Waals surface area contributed by atoms with Gasteiger partial charge in [-0.15, -0.1) is 0 Å². The molecule has 0 saturated carbocycles. The van der Waals surface area contributed by atoms with E-state index in [-0.39, 0.29) is 28.9 Å². The highest BCUT2D eigenvalue weighted by molar-refractivity contribution is 8.26. The number of rotatable bonds is 6. The summed E-state index contributed by atoms with van der Waals surface area (Å²) in [5, 5.41) is 9.71. The quantitative estimate of drug-likeness (QED) is 0.343. The number of nitriles is 1. The van der Waals surface area contributed by atoms with E-state index in [9.17, 15) is 19.6 Å². The van der Waals surface area contributed by atoms with E-state index in [1.54, 1.807) is 31.5 Å². The summed E-state index contributed by atoms with van der Waals surface area (Å²) < 4.78 is 7.28. The Hall–Kier alpha value is -2.64. The van der Waals surface area contributed by atoms with Crippen molar-refractivity contribution in [3.63, 3.8) is 0 Å². The zero-order chi connectivity index (χ0) is 24.3. The van der Waals surface area contributed by atoms with Gasteiger partial charge in [0, 0.05) is 32.2 Å². The second-order valence-electron chi connectivity index (χ2n) is 8.06. The number of carbonyl (C=O) groups is 2. The van der Waals surface area contributed by atoms with Gasteiger partial charge in [-0.3, -0.25) is 23.9 Å². The summed E-state index contributed by atoms with van der Waals surface area (Å²) in [6.07, 6.45) is 3.66. The van der Waals surface area contributed by atoms with Crippen LogP contribution in [0.4, 0.5) is 5.82 Å². The largest absolute Gasteiger partial charge is 0.466 e. The van der Waals surface area contributed by atoms with Crippen molar-refractivity contribution in [1.29, 1.82) is 5.26 Å². The molecule has 0 aromatic carbocycles. The number of likely N-dealkylation sites (N-methyl/N-ethyl adjacent to an activating group) is 1. The van der Waals surface area contributed by atoms with Crippen molar-refractivity contribution in [3.8, 4) is 6.07 Å². The molecule has 0 unspecified atom stereocenters. The maximum absolute atomic E-state index is 13.2.